The van der Waals surface area contributed by atoms with Crippen LogP contribution >= 0.6 is 0 Å². The second kappa shape index (κ2) is 5.02. The van der Waals surface area contributed by atoms with E-state index < -0.39 is 0 Å². The highest BCUT2D eigenvalue weighted by Crippen LogP contribution is 2.32. The molecule has 18 heavy (non-hydrogen) atoms. The maximum Gasteiger partial charge on any atom is 0.212 e. The first-order valence-corrected chi connectivity index (χ1v) is 6.54. The van der Waals surface area contributed by atoms with E-state index in [0.717, 1.165) is 12.3 Å². The van der Waals surface area contributed by atoms with Crippen LogP contribution < -0.4 is 0 Å². The van der Waals surface area contributed by atoms with Gasteiger partial charge in [-0.1, -0.05) is 25.2 Å². The fourth-order valence-corrected chi connectivity index (χ4v) is 2.31. The molecule has 1 aliphatic carbocycles. The van der Waals surface area contributed by atoms with Gasteiger partial charge in [0.2, 0.25) is 5.90 Å². The Morgan fingerprint density at radius 2 is 2.28 bits per heavy atom. The summed E-state index contributed by atoms with van der Waals surface area (Å²) in [7, 11) is 0. The van der Waals surface area contributed by atoms with Gasteiger partial charge in [-0.25, -0.2) is 4.99 Å². The van der Waals surface area contributed by atoms with Crippen LogP contribution in [0.4, 0.5) is 0 Å². The molecule has 2 atom stereocenters. The van der Waals surface area contributed by atoms with E-state index in [-0.39, 0.29) is 5.54 Å². The van der Waals surface area contributed by atoms with Gasteiger partial charge in [0.25, 0.3) is 0 Å². The summed E-state index contributed by atoms with van der Waals surface area (Å²) >= 11 is 0. The second-order valence-electron chi connectivity index (χ2n) is 5.61. The number of aliphatic imine (C=N–C) groups is 1. The first kappa shape index (κ1) is 13.0. The van der Waals surface area contributed by atoms with Gasteiger partial charge in [-0.2, -0.15) is 0 Å². The number of nitrogens with zero attached hydrogens (tertiary/aromatic N) is 1. The van der Waals surface area contributed by atoms with Crippen LogP contribution in [0.1, 0.15) is 34.1 Å². The Labute approximate surface area is 110 Å². The summed E-state index contributed by atoms with van der Waals surface area (Å²) in [6, 6.07) is 0. The topological polar surface area (TPSA) is 21.6 Å². The molecule has 0 fully saturated rings. The number of allylic oxidation sites excluding steroid dienone is 3. The lowest BCUT2D eigenvalue weighted by molar-refractivity contribution is 0.276. The van der Waals surface area contributed by atoms with Gasteiger partial charge in [-0.15, -0.1) is 11.8 Å². The van der Waals surface area contributed by atoms with Crippen LogP contribution in [0.25, 0.3) is 0 Å². The van der Waals surface area contributed by atoms with Crippen LogP contribution in [-0.4, -0.2) is 18.0 Å². The van der Waals surface area contributed by atoms with Crippen molar-refractivity contribution in [1.29, 1.82) is 0 Å². The van der Waals surface area contributed by atoms with Crippen molar-refractivity contribution in [3.05, 3.63) is 23.8 Å². The van der Waals surface area contributed by atoms with E-state index in [1.54, 1.807) is 0 Å². The molecule has 0 saturated heterocycles. The summed E-state index contributed by atoms with van der Waals surface area (Å²) in [5.74, 6) is 7.85. The summed E-state index contributed by atoms with van der Waals surface area (Å²) < 4.78 is 5.74. The van der Waals surface area contributed by atoms with Crippen molar-refractivity contribution >= 4 is 5.90 Å². The van der Waals surface area contributed by atoms with Gasteiger partial charge in [0.1, 0.15) is 6.61 Å². The molecule has 1 aliphatic heterocycles. The Morgan fingerprint density at radius 1 is 1.50 bits per heavy atom. The summed E-state index contributed by atoms with van der Waals surface area (Å²) in [5, 5.41) is 0. The lowest BCUT2D eigenvalue weighted by Gasteiger charge is -2.24. The van der Waals surface area contributed by atoms with Crippen molar-refractivity contribution in [3.63, 3.8) is 0 Å². The lowest BCUT2D eigenvalue weighted by Crippen LogP contribution is -2.20. The van der Waals surface area contributed by atoms with Crippen molar-refractivity contribution in [2.75, 3.05) is 6.61 Å². The van der Waals surface area contributed by atoms with Crippen LogP contribution in [0.15, 0.2) is 28.8 Å². The average Bonchev–Trinajstić information content (AvgIpc) is 2.68. The minimum absolute atomic E-state index is 0.0875. The van der Waals surface area contributed by atoms with E-state index in [1.165, 1.54) is 5.57 Å². The van der Waals surface area contributed by atoms with Crippen molar-refractivity contribution in [3.8, 4) is 11.8 Å². The highest BCUT2D eigenvalue weighted by atomic mass is 16.5. The maximum absolute atomic E-state index is 5.74. The van der Waals surface area contributed by atoms with Gasteiger partial charge < -0.3 is 4.74 Å². The fourth-order valence-electron chi connectivity index (χ4n) is 2.31. The third-order valence-corrected chi connectivity index (χ3v) is 3.49. The molecule has 96 valence electrons. The highest BCUT2D eigenvalue weighted by Gasteiger charge is 2.32. The molecule has 0 N–H and O–H groups in total. The smallest absolute Gasteiger partial charge is 0.212 e. The number of hydrogen-bond donors (Lipinski definition) is 0. The van der Waals surface area contributed by atoms with Gasteiger partial charge in [-0.3, -0.25) is 0 Å². The summed E-state index contributed by atoms with van der Waals surface area (Å²) in [5.41, 5.74) is 1.13. The molecule has 1 heterocycles. The Balaban J connectivity index is 2.16. The molecule has 0 radical (unpaired) electrons. The highest BCUT2D eigenvalue weighted by molar-refractivity contribution is 5.96. The fraction of sp³-hybridized carbons (Fsp3) is 0.562. The number of hydrogen-bond acceptors (Lipinski definition) is 2. The van der Waals surface area contributed by atoms with E-state index in [4.69, 9.17) is 4.74 Å². The molecule has 2 nitrogen and oxygen atoms in total. The van der Waals surface area contributed by atoms with Gasteiger partial charge in [0.15, 0.2) is 0 Å². The standard InChI is InChI=1S/C16H21NO/c1-5-6-8-13-9-7-10-14(12(13)2)15-17-16(3,4)11-18-15/h7,9-10,12-13H,8,11H2,1-4H3/t12-,13+/m1/s1. The van der Waals surface area contributed by atoms with E-state index in [9.17, 15) is 0 Å². The Morgan fingerprint density at radius 3 is 2.89 bits per heavy atom. The summed E-state index contributed by atoms with van der Waals surface area (Å²) in [4.78, 5) is 4.67. The van der Waals surface area contributed by atoms with Crippen molar-refractivity contribution in [1.82, 2.24) is 0 Å². The largest absolute Gasteiger partial charge is 0.475 e. The van der Waals surface area contributed by atoms with E-state index in [2.05, 4.69) is 55.8 Å². The Hall–Kier alpha value is -1.49. The molecule has 0 bridgehead atoms. The maximum atomic E-state index is 5.74. The minimum Gasteiger partial charge on any atom is -0.475 e. The van der Waals surface area contributed by atoms with Crippen LogP contribution in [0, 0.1) is 23.7 Å². The third-order valence-electron chi connectivity index (χ3n) is 3.49. The zero-order chi connectivity index (χ0) is 13.2. The molecule has 0 saturated carbocycles. The van der Waals surface area contributed by atoms with Crippen LogP contribution in [0.2, 0.25) is 0 Å². The van der Waals surface area contributed by atoms with Crippen molar-refractivity contribution in [2.24, 2.45) is 16.8 Å². The SMILES string of the molecule is CC#CC[C@H]1C=CC=C(C2=NC(C)(C)CO2)[C@@H]1C. The summed E-state index contributed by atoms with van der Waals surface area (Å²) in [6.07, 6.45) is 7.37. The van der Waals surface area contributed by atoms with E-state index >= 15 is 0 Å². The van der Waals surface area contributed by atoms with Crippen LogP contribution in [0.5, 0.6) is 0 Å². The van der Waals surface area contributed by atoms with E-state index in [0.29, 0.717) is 18.4 Å². The molecule has 0 spiro atoms. The zero-order valence-electron chi connectivity index (χ0n) is 11.7. The Kier molecular flexibility index (Phi) is 3.61. The van der Waals surface area contributed by atoms with Gasteiger partial charge in [-0.05, 0) is 32.6 Å². The number of ether oxygens (including phenoxy) is 1. The van der Waals surface area contributed by atoms with E-state index in [1.807, 2.05) is 6.92 Å². The average molecular weight is 243 g/mol. The van der Waals surface area contributed by atoms with Crippen LogP contribution in [-0.2, 0) is 4.74 Å². The molecule has 2 aliphatic rings. The predicted molar refractivity (Wildman–Crippen MR) is 75.4 cm³/mol. The number of rotatable bonds is 2. The monoisotopic (exact) mass is 243 g/mol. The molecule has 2 heteroatoms. The normalized spacial score (nSPS) is 28.9. The third kappa shape index (κ3) is 2.67. The van der Waals surface area contributed by atoms with Crippen LogP contribution in [0.3, 0.4) is 0 Å². The van der Waals surface area contributed by atoms with Gasteiger partial charge in [0, 0.05) is 12.0 Å². The first-order valence-electron chi connectivity index (χ1n) is 6.54. The predicted octanol–water partition coefficient (Wildman–Crippen LogP) is 3.36. The van der Waals surface area contributed by atoms with Gasteiger partial charge >= 0.3 is 0 Å². The molecule has 2 rings (SSSR count). The van der Waals surface area contributed by atoms with Gasteiger partial charge in [0.05, 0.1) is 5.54 Å². The zero-order valence-corrected chi connectivity index (χ0v) is 11.7. The lowest BCUT2D eigenvalue weighted by atomic mass is 9.81. The molecular weight excluding hydrogens is 222 g/mol. The quantitative estimate of drug-likeness (QED) is 0.681. The minimum atomic E-state index is -0.0875. The molecular formula is C16H21NO. The van der Waals surface area contributed by atoms with Crippen molar-refractivity contribution < 1.29 is 4.74 Å². The molecule has 0 aromatic heterocycles. The second-order valence-corrected chi connectivity index (χ2v) is 5.61. The molecule has 0 amide bonds. The van der Waals surface area contributed by atoms with Crippen molar-refractivity contribution in [2.45, 2.75) is 39.7 Å². The first-order chi connectivity index (χ1) is 8.53. The molecule has 0 unspecified atom stereocenters. The molecule has 0 aromatic rings. The Bertz CT molecular complexity index is 471. The summed E-state index contributed by atoms with van der Waals surface area (Å²) in [6.45, 7) is 9.00. The molecule has 0 aromatic carbocycles.